The first-order chi connectivity index (χ1) is 8.74. The number of halogens is 1. The van der Waals surface area contributed by atoms with Gasteiger partial charge in [-0.1, -0.05) is 24.9 Å². The van der Waals surface area contributed by atoms with Crippen molar-refractivity contribution in [2.45, 2.75) is 45.1 Å². The van der Waals surface area contributed by atoms with Gasteiger partial charge in [0.2, 0.25) is 0 Å². The minimum atomic E-state index is 0.605. The van der Waals surface area contributed by atoms with Crippen molar-refractivity contribution in [1.29, 1.82) is 0 Å². The molecule has 100 valence electrons. The lowest BCUT2D eigenvalue weighted by Crippen LogP contribution is -2.35. The van der Waals surface area contributed by atoms with Gasteiger partial charge in [0.1, 0.15) is 5.75 Å². The van der Waals surface area contributed by atoms with Crippen LogP contribution in [0.5, 0.6) is 5.75 Å². The van der Waals surface area contributed by atoms with E-state index in [0.29, 0.717) is 6.04 Å². The van der Waals surface area contributed by atoms with Crippen molar-refractivity contribution in [3.8, 4) is 5.75 Å². The number of piperidine rings is 1. The second-order valence-electron chi connectivity index (χ2n) is 4.96. The van der Waals surface area contributed by atoms with Crippen LogP contribution in [-0.4, -0.2) is 19.7 Å². The van der Waals surface area contributed by atoms with Crippen LogP contribution >= 0.6 is 11.6 Å². The molecule has 0 amide bonds. The normalized spacial score (nSPS) is 19.8. The fourth-order valence-corrected chi connectivity index (χ4v) is 2.94. The molecule has 2 rings (SSSR count). The highest BCUT2D eigenvalue weighted by Crippen LogP contribution is 2.29. The Kier molecular flexibility index (Phi) is 4.90. The number of hydrogen-bond acceptors (Lipinski definition) is 2. The SMILES string of the molecule is CCc1cc(OC)c(Cl)cc1CC1CCCCN1. The molecule has 0 saturated carbocycles. The van der Waals surface area contributed by atoms with Crippen LogP contribution in [0.4, 0.5) is 0 Å². The number of nitrogens with one attached hydrogen (secondary N) is 1. The monoisotopic (exact) mass is 267 g/mol. The van der Waals surface area contributed by atoms with Crippen molar-refractivity contribution in [3.05, 3.63) is 28.3 Å². The van der Waals surface area contributed by atoms with Gasteiger partial charge in [0.05, 0.1) is 12.1 Å². The van der Waals surface area contributed by atoms with Crippen molar-refractivity contribution < 1.29 is 4.74 Å². The van der Waals surface area contributed by atoms with Gasteiger partial charge < -0.3 is 10.1 Å². The van der Waals surface area contributed by atoms with Gasteiger partial charge in [-0.2, -0.15) is 0 Å². The Morgan fingerprint density at radius 3 is 2.78 bits per heavy atom. The Hall–Kier alpha value is -0.730. The number of benzene rings is 1. The molecular weight excluding hydrogens is 246 g/mol. The predicted octanol–water partition coefficient (Wildman–Crippen LogP) is 3.60. The Morgan fingerprint density at radius 1 is 1.33 bits per heavy atom. The summed E-state index contributed by atoms with van der Waals surface area (Å²) in [6, 6.07) is 4.77. The molecule has 1 atom stereocenters. The van der Waals surface area contributed by atoms with E-state index in [-0.39, 0.29) is 0 Å². The number of ether oxygens (including phenoxy) is 1. The van der Waals surface area contributed by atoms with E-state index in [1.165, 1.54) is 30.4 Å². The molecule has 1 fully saturated rings. The van der Waals surface area contributed by atoms with E-state index in [0.717, 1.165) is 30.2 Å². The lowest BCUT2D eigenvalue weighted by Gasteiger charge is -2.24. The van der Waals surface area contributed by atoms with Crippen LogP contribution in [0.2, 0.25) is 5.02 Å². The summed E-state index contributed by atoms with van der Waals surface area (Å²) in [6.07, 6.45) is 6.01. The number of methoxy groups -OCH3 is 1. The standard InChI is InChI=1S/C15H22ClNO/c1-3-11-10-15(18-2)14(16)9-12(11)8-13-6-4-5-7-17-13/h9-10,13,17H,3-8H2,1-2H3. The van der Waals surface area contributed by atoms with Crippen molar-refractivity contribution in [2.24, 2.45) is 0 Å². The quantitative estimate of drug-likeness (QED) is 0.900. The maximum atomic E-state index is 6.23. The number of hydrogen-bond donors (Lipinski definition) is 1. The molecule has 1 N–H and O–H groups in total. The largest absolute Gasteiger partial charge is 0.495 e. The third-order valence-electron chi connectivity index (χ3n) is 3.73. The summed E-state index contributed by atoms with van der Waals surface area (Å²) in [7, 11) is 1.67. The van der Waals surface area contributed by atoms with Crippen LogP contribution in [0.1, 0.15) is 37.3 Å². The molecule has 0 aliphatic carbocycles. The predicted molar refractivity (Wildman–Crippen MR) is 76.7 cm³/mol. The van der Waals surface area contributed by atoms with E-state index in [9.17, 15) is 0 Å². The molecule has 0 radical (unpaired) electrons. The van der Waals surface area contributed by atoms with E-state index in [2.05, 4.69) is 24.4 Å². The first-order valence-electron chi connectivity index (χ1n) is 6.83. The molecule has 1 aliphatic heterocycles. The van der Waals surface area contributed by atoms with Crippen LogP contribution < -0.4 is 10.1 Å². The van der Waals surface area contributed by atoms with Gasteiger partial charge in [-0.3, -0.25) is 0 Å². The lowest BCUT2D eigenvalue weighted by molar-refractivity contribution is 0.397. The Bertz CT molecular complexity index is 400. The van der Waals surface area contributed by atoms with Gasteiger partial charge in [0.25, 0.3) is 0 Å². The van der Waals surface area contributed by atoms with Crippen molar-refractivity contribution in [3.63, 3.8) is 0 Å². The second kappa shape index (κ2) is 6.44. The summed E-state index contributed by atoms with van der Waals surface area (Å²) in [5.74, 6) is 0.786. The lowest BCUT2D eigenvalue weighted by atomic mass is 9.94. The first kappa shape index (κ1) is 13.7. The summed E-state index contributed by atoms with van der Waals surface area (Å²) < 4.78 is 5.28. The highest BCUT2D eigenvalue weighted by atomic mass is 35.5. The first-order valence-corrected chi connectivity index (χ1v) is 7.21. The van der Waals surface area contributed by atoms with Crippen molar-refractivity contribution in [2.75, 3.05) is 13.7 Å². The summed E-state index contributed by atoms with van der Waals surface area (Å²) in [5, 5.41) is 4.32. The van der Waals surface area contributed by atoms with E-state index in [4.69, 9.17) is 16.3 Å². The summed E-state index contributed by atoms with van der Waals surface area (Å²) in [4.78, 5) is 0. The van der Waals surface area contributed by atoms with E-state index < -0.39 is 0 Å². The van der Waals surface area contributed by atoms with E-state index in [1.807, 2.05) is 0 Å². The highest BCUT2D eigenvalue weighted by Gasteiger charge is 2.16. The van der Waals surface area contributed by atoms with Crippen LogP contribution in [0.25, 0.3) is 0 Å². The van der Waals surface area contributed by atoms with Crippen molar-refractivity contribution in [1.82, 2.24) is 5.32 Å². The molecule has 0 aromatic heterocycles. The molecule has 1 saturated heterocycles. The zero-order valence-corrected chi connectivity index (χ0v) is 12.0. The smallest absolute Gasteiger partial charge is 0.137 e. The van der Waals surface area contributed by atoms with Crippen LogP contribution in [0, 0.1) is 0 Å². The molecule has 1 aliphatic rings. The zero-order valence-electron chi connectivity index (χ0n) is 11.3. The zero-order chi connectivity index (χ0) is 13.0. The van der Waals surface area contributed by atoms with Crippen LogP contribution in [0.3, 0.4) is 0 Å². The molecule has 2 nitrogen and oxygen atoms in total. The summed E-state index contributed by atoms with van der Waals surface area (Å²) in [6.45, 7) is 3.33. The maximum Gasteiger partial charge on any atom is 0.137 e. The van der Waals surface area contributed by atoms with Crippen LogP contribution in [0.15, 0.2) is 12.1 Å². The Labute approximate surface area is 115 Å². The summed E-state index contributed by atoms with van der Waals surface area (Å²) >= 11 is 6.23. The third kappa shape index (κ3) is 3.18. The van der Waals surface area contributed by atoms with Gasteiger partial charge in [0, 0.05) is 6.04 Å². The topological polar surface area (TPSA) is 21.3 Å². The highest BCUT2D eigenvalue weighted by molar-refractivity contribution is 6.32. The number of rotatable bonds is 4. The van der Waals surface area contributed by atoms with Gasteiger partial charge in [0.15, 0.2) is 0 Å². The van der Waals surface area contributed by atoms with Gasteiger partial charge >= 0.3 is 0 Å². The Balaban J connectivity index is 2.17. The van der Waals surface area contributed by atoms with Gasteiger partial charge in [-0.15, -0.1) is 0 Å². The molecule has 18 heavy (non-hydrogen) atoms. The average molecular weight is 268 g/mol. The van der Waals surface area contributed by atoms with Crippen molar-refractivity contribution >= 4 is 11.6 Å². The molecule has 3 heteroatoms. The molecular formula is C15H22ClNO. The fraction of sp³-hybridized carbons (Fsp3) is 0.600. The molecule has 0 bridgehead atoms. The molecule has 1 aromatic rings. The third-order valence-corrected chi connectivity index (χ3v) is 4.03. The van der Waals surface area contributed by atoms with E-state index >= 15 is 0 Å². The van der Waals surface area contributed by atoms with E-state index in [1.54, 1.807) is 7.11 Å². The molecule has 1 aromatic carbocycles. The Morgan fingerprint density at radius 2 is 2.17 bits per heavy atom. The number of aryl methyl sites for hydroxylation is 1. The van der Waals surface area contributed by atoms with Gasteiger partial charge in [-0.25, -0.2) is 0 Å². The maximum absolute atomic E-state index is 6.23. The average Bonchev–Trinajstić information content (AvgIpc) is 2.40. The van der Waals surface area contributed by atoms with Crippen LogP contribution in [-0.2, 0) is 12.8 Å². The fourth-order valence-electron chi connectivity index (χ4n) is 2.68. The van der Waals surface area contributed by atoms with Gasteiger partial charge in [-0.05, 0) is 55.5 Å². The second-order valence-corrected chi connectivity index (χ2v) is 5.37. The minimum Gasteiger partial charge on any atom is -0.495 e. The molecule has 1 heterocycles. The molecule has 1 unspecified atom stereocenters. The molecule has 0 spiro atoms. The minimum absolute atomic E-state index is 0.605. The summed E-state index contributed by atoms with van der Waals surface area (Å²) in [5.41, 5.74) is 2.71.